The monoisotopic (exact) mass is 360 g/mol. The van der Waals surface area contributed by atoms with Crippen LogP contribution >= 0.6 is 0 Å². The van der Waals surface area contributed by atoms with Gasteiger partial charge in [-0.3, -0.25) is 4.79 Å². The van der Waals surface area contributed by atoms with E-state index in [2.05, 4.69) is 0 Å². The molecule has 5 nitrogen and oxygen atoms in total. The van der Waals surface area contributed by atoms with Gasteiger partial charge in [0.05, 0.1) is 25.7 Å². The molecule has 1 aromatic carbocycles. The highest BCUT2D eigenvalue weighted by Gasteiger charge is 2.47. The molecule has 26 heavy (non-hydrogen) atoms. The average Bonchev–Trinajstić information content (AvgIpc) is 2.85. The van der Waals surface area contributed by atoms with Crippen LogP contribution in [0.4, 0.5) is 0 Å². The molecule has 0 amide bonds. The number of hydrogen-bond donors (Lipinski definition) is 1. The molecule has 1 aliphatic carbocycles. The van der Waals surface area contributed by atoms with Gasteiger partial charge in [-0.05, 0) is 37.2 Å². The molecular weight excluding hydrogens is 332 g/mol. The van der Waals surface area contributed by atoms with Gasteiger partial charge in [-0.15, -0.1) is 0 Å². The Kier molecular flexibility index (Phi) is 7.39. The first-order valence-corrected chi connectivity index (χ1v) is 9.23. The molecule has 5 heteroatoms. The second-order valence-electron chi connectivity index (χ2n) is 6.65. The highest BCUT2D eigenvalue weighted by Crippen LogP contribution is 2.49. The summed E-state index contributed by atoms with van der Waals surface area (Å²) in [5, 5.41) is 10.8. The van der Waals surface area contributed by atoms with Gasteiger partial charge in [0.15, 0.2) is 0 Å². The molecule has 2 rings (SSSR count). The second kappa shape index (κ2) is 9.53. The summed E-state index contributed by atoms with van der Waals surface area (Å²) in [6, 6.07) is 9.90. The number of carbonyl (C=O) groups is 2. The lowest BCUT2D eigenvalue weighted by atomic mass is 9.81. The third-order valence-corrected chi connectivity index (χ3v) is 5.09. The lowest BCUT2D eigenvalue weighted by molar-refractivity contribution is -0.145. The van der Waals surface area contributed by atoms with Crippen molar-refractivity contribution in [3.63, 3.8) is 0 Å². The summed E-state index contributed by atoms with van der Waals surface area (Å²) in [6.07, 6.45) is 2.67. The number of ether oxygens (including phenoxy) is 2. The molecular formula is C21H28O5. The van der Waals surface area contributed by atoms with Gasteiger partial charge < -0.3 is 14.6 Å². The molecule has 1 aliphatic rings. The Balaban J connectivity index is 2.32. The number of hydrogen-bond acceptors (Lipinski definition) is 5. The molecule has 1 saturated carbocycles. The SMILES string of the molecule is CCOC(=O)/C=C/[C@H]1[C@H](CC(=O)OCC)[C@@H](O)[C@@H](C)[C@@H]1c1ccccc1. The van der Waals surface area contributed by atoms with Crippen LogP contribution in [-0.4, -0.2) is 36.4 Å². The summed E-state index contributed by atoms with van der Waals surface area (Å²) in [7, 11) is 0. The summed E-state index contributed by atoms with van der Waals surface area (Å²) in [4.78, 5) is 23.8. The minimum absolute atomic E-state index is 0.0105. The van der Waals surface area contributed by atoms with Crippen LogP contribution in [0.2, 0.25) is 0 Å². The van der Waals surface area contributed by atoms with E-state index in [1.807, 2.05) is 37.3 Å². The topological polar surface area (TPSA) is 72.8 Å². The van der Waals surface area contributed by atoms with Crippen LogP contribution in [0, 0.1) is 17.8 Å². The van der Waals surface area contributed by atoms with Gasteiger partial charge in [-0.1, -0.05) is 43.3 Å². The smallest absolute Gasteiger partial charge is 0.330 e. The van der Waals surface area contributed by atoms with Crippen LogP contribution in [0.15, 0.2) is 42.5 Å². The van der Waals surface area contributed by atoms with E-state index in [1.165, 1.54) is 6.08 Å². The molecule has 0 spiro atoms. The quantitative estimate of drug-likeness (QED) is 0.597. The van der Waals surface area contributed by atoms with Crippen LogP contribution in [0.1, 0.15) is 38.7 Å². The normalized spacial score (nSPS) is 28.2. The van der Waals surface area contributed by atoms with Crippen molar-refractivity contribution in [2.24, 2.45) is 17.8 Å². The van der Waals surface area contributed by atoms with E-state index >= 15 is 0 Å². The van der Waals surface area contributed by atoms with E-state index in [-0.39, 0.29) is 36.1 Å². The zero-order chi connectivity index (χ0) is 19.1. The Bertz CT molecular complexity index is 625. The summed E-state index contributed by atoms with van der Waals surface area (Å²) < 4.78 is 10.0. The largest absolute Gasteiger partial charge is 0.466 e. The predicted octanol–water partition coefficient (Wildman–Crippen LogP) is 3.09. The fourth-order valence-corrected chi connectivity index (χ4v) is 3.96. The molecule has 0 radical (unpaired) electrons. The zero-order valence-corrected chi connectivity index (χ0v) is 15.6. The maximum absolute atomic E-state index is 12.0. The van der Waals surface area contributed by atoms with E-state index in [4.69, 9.17) is 9.47 Å². The third kappa shape index (κ3) is 4.73. The molecule has 1 aromatic rings. The first-order valence-electron chi connectivity index (χ1n) is 9.23. The van der Waals surface area contributed by atoms with Crippen LogP contribution in [0.3, 0.4) is 0 Å². The maximum atomic E-state index is 12.0. The first kappa shape index (κ1) is 20.2. The molecule has 0 saturated heterocycles. The van der Waals surface area contributed by atoms with Gasteiger partial charge in [0, 0.05) is 12.0 Å². The number of rotatable bonds is 7. The Hall–Kier alpha value is -2.14. The predicted molar refractivity (Wildman–Crippen MR) is 98.4 cm³/mol. The number of aliphatic hydroxyl groups is 1. The van der Waals surface area contributed by atoms with Gasteiger partial charge in [-0.25, -0.2) is 4.79 Å². The van der Waals surface area contributed by atoms with Crippen molar-refractivity contribution in [1.82, 2.24) is 0 Å². The highest BCUT2D eigenvalue weighted by molar-refractivity contribution is 5.82. The van der Waals surface area contributed by atoms with Gasteiger partial charge in [0.2, 0.25) is 0 Å². The Labute approximate surface area is 155 Å². The minimum Gasteiger partial charge on any atom is -0.466 e. The fraction of sp³-hybridized carbons (Fsp3) is 0.524. The number of carbonyl (C=O) groups excluding carboxylic acids is 2. The molecule has 0 heterocycles. The number of benzene rings is 1. The molecule has 0 unspecified atom stereocenters. The minimum atomic E-state index is -0.651. The number of aliphatic hydroxyl groups excluding tert-OH is 1. The van der Waals surface area contributed by atoms with E-state index in [0.717, 1.165) is 5.56 Å². The number of allylic oxidation sites excluding steroid dienone is 1. The average molecular weight is 360 g/mol. The molecule has 5 atom stereocenters. The number of esters is 2. The Morgan fingerprint density at radius 3 is 2.38 bits per heavy atom. The summed E-state index contributed by atoms with van der Waals surface area (Å²) in [5.74, 6) is -1.24. The van der Waals surface area contributed by atoms with Crippen molar-refractivity contribution >= 4 is 11.9 Å². The van der Waals surface area contributed by atoms with Gasteiger partial charge in [-0.2, -0.15) is 0 Å². The summed E-state index contributed by atoms with van der Waals surface area (Å²) in [5.41, 5.74) is 1.09. The van der Waals surface area contributed by atoms with Crippen molar-refractivity contribution in [3.8, 4) is 0 Å². The van der Waals surface area contributed by atoms with Crippen molar-refractivity contribution in [3.05, 3.63) is 48.0 Å². The molecule has 1 fully saturated rings. The molecule has 0 aromatic heterocycles. The molecule has 142 valence electrons. The third-order valence-electron chi connectivity index (χ3n) is 5.09. The Morgan fingerprint density at radius 2 is 1.77 bits per heavy atom. The molecule has 1 N–H and O–H groups in total. The van der Waals surface area contributed by atoms with Crippen LogP contribution in [0.25, 0.3) is 0 Å². The van der Waals surface area contributed by atoms with E-state index in [0.29, 0.717) is 13.2 Å². The molecule has 0 aliphatic heterocycles. The lowest BCUT2D eigenvalue weighted by Crippen LogP contribution is -2.25. The van der Waals surface area contributed by atoms with Crippen molar-refractivity contribution < 1.29 is 24.2 Å². The maximum Gasteiger partial charge on any atom is 0.330 e. The van der Waals surface area contributed by atoms with Gasteiger partial charge >= 0.3 is 11.9 Å². The first-order chi connectivity index (χ1) is 12.5. The summed E-state index contributed by atoms with van der Waals surface area (Å²) >= 11 is 0. The van der Waals surface area contributed by atoms with Gasteiger partial charge in [0.1, 0.15) is 0 Å². The van der Waals surface area contributed by atoms with Crippen molar-refractivity contribution in [1.29, 1.82) is 0 Å². The fourth-order valence-electron chi connectivity index (χ4n) is 3.96. The van der Waals surface area contributed by atoms with Crippen LogP contribution in [-0.2, 0) is 19.1 Å². The second-order valence-corrected chi connectivity index (χ2v) is 6.65. The lowest BCUT2D eigenvalue weighted by Gasteiger charge is -2.23. The highest BCUT2D eigenvalue weighted by atomic mass is 16.5. The van der Waals surface area contributed by atoms with E-state index in [1.54, 1.807) is 19.9 Å². The molecule has 0 bridgehead atoms. The van der Waals surface area contributed by atoms with E-state index < -0.39 is 12.1 Å². The van der Waals surface area contributed by atoms with E-state index in [9.17, 15) is 14.7 Å². The summed E-state index contributed by atoms with van der Waals surface area (Å²) in [6.45, 7) is 6.11. The van der Waals surface area contributed by atoms with Crippen molar-refractivity contribution in [2.45, 2.75) is 39.2 Å². The standard InChI is InChI=1S/C21H28O5/c1-4-25-18(22)12-11-16-17(13-19(23)26-5-2)21(24)14(3)20(16)15-9-7-6-8-10-15/h6-12,14,16-17,20-21,24H,4-5,13H2,1-3H3/b12-11+/t14-,16-,17-,20+,21-/m0/s1. The van der Waals surface area contributed by atoms with Crippen LogP contribution in [0.5, 0.6) is 0 Å². The van der Waals surface area contributed by atoms with Gasteiger partial charge in [0.25, 0.3) is 0 Å². The zero-order valence-electron chi connectivity index (χ0n) is 15.6. The van der Waals surface area contributed by atoms with Crippen LogP contribution < -0.4 is 0 Å². The van der Waals surface area contributed by atoms with Crippen molar-refractivity contribution in [2.75, 3.05) is 13.2 Å². The Morgan fingerprint density at radius 1 is 1.12 bits per heavy atom.